The van der Waals surface area contributed by atoms with Gasteiger partial charge in [-0.3, -0.25) is 19.9 Å². The number of anilines is 2. The monoisotopic (exact) mass is 505 g/mol. The van der Waals surface area contributed by atoms with Crippen LogP contribution in [0.1, 0.15) is 56.7 Å². The predicted octanol–water partition coefficient (Wildman–Crippen LogP) is 4.53. The van der Waals surface area contributed by atoms with E-state index < -0.39 is 6.09 Å². The standard InChI is InChI=1S/C28H35N5O4/c1-37-28(36)31-21-11-12-22-20-13-14-30-25(15-20)23(5-3-2-4-6-26(34)32-24(22)16-21)33-27(35)19-9-7-18(17-29)8-10-19/h2-3,11-16,18-19,23H,4-10,17,29H2,1H3,(H,31,36)(H,32,34)(H,33,35)/b3-2+/t18-,19-,23?. The molecule has 1 aliphatic carbocycles. The van der Waals surface area contributed by atoms with Crippen LogP contribution < -0.4 is 21.7 Å². The summed E-state index contributed by atoms with van der Waals surface area (Å²) in [6.45, 7) is 0.678. The highest BCUT2D eigenvalue weighted by molar-refractivity contribution is 5.97. The highest BCUT2D eigenvalue weighted by atomic mass is 16.5. The van der Waals surface area contributed by atoms with Crippen molar-refractivity contribution in [3.05, 3.63) is 54.4 Å². The SMILES string of the molecule is COC(=O)Nc1ccc2c(c1)NC(=O)CC/C=C/CC(NC(=O)[C@H]1CC[C@H](CN)CC1)c1cc-2ccn1. The summed E-state index contributed by atoms with van der Waals surface area (Å²) < 4.78 is 4.69. The first kappa shape index (κ1) is 26.3. The number of nitrogens with two attached hydrogens (primary N) is 1. The fourth-order valence-electron chi connectivity index (χ4n) is 4.93. The maximum atomic E-state index is 13.2. The third-order valence-electron chi connectivity index (χ3n) is 7.12. The van der Waals surface area contributed by atoms with Gasteiger partial charge in [-0.1, -0.05) is 18.2 Å². The van der Waals surface area contributed by atoms with E-state index in [0.717, 1.165) is 42.5 Å². The first-order valence-corrected chi connectivity index (χ1v) is 12.9. The molecule has 1 aromatic carbocycles. The Morgan fingerprint density at radius 1 is 1.14 bits per heavy atom. The van der Waals surface area contributed by atoms with Gasteiger partial charge < -0.3 is 21.1 Å². The number of methoxy groups -OCH3 is 1. The Morgan fingerprint density at radius 2 is 1.95 bits per heavy atom. The molecule has 1 fully saturated rings. The molecule has 0 radical (unpaired) electrons. The quantitative estimate of drug-likeness (QED) is 0.451. The van der Waals surface area contributed by atoms with Gasteiger partial charge in [-0.25, -0.2) is 4.79 Å². The molecule has 1 aliphatic heterocycles. The average molecular weight is 506 g/mol. The molecule has 37 heavy (non-hydrogen) atoms. The Hall–Kier alpha value is -3.72. The van der Waals surface area contributed by atoms with Crippen LogP contribution >= 0.6 is 0 Å². The maximum absolute atomic E-state index is 13.2. The highest BCUT2D eigenvalue weighted by Crippen LogP contribution is 2.33. The zero-order valence-electron chi connectivity index (χ0n) is 21.2. The number of nitrogens with one attached hydrogen (secondary N) is 3. The van der Waals surface area contributed by atoms with Crippen LogP contribution in [0.2, 0.25) is 0 Å². The highest BCUT2D eigenvalue weighted by Gasteiger charge is 2.27. The van der Waals surface area contributed by atoms with E-state index in [9.17, 15) is 14.4 Å². The van der Waals surface area contributed by atoms with Gasteiger partial charge in [-0.15, -0.1) is 0 Å². The summed E-state index contributed by atoms with van der Waals surface area (Å²) in [5.74, 6) is 0.423. The Morgan fingerprint density at radius 3 is 2.70 bits per heavy atom. The van der Waals surface area contributed by atoms with Crippen molar-refractivity contribution >= 4 is 29.3 Å². The van der Waals surface area contributed by atoms with E-state index in [4.69, 9.17) is 5.73 Å². The normalized spacial score (nSPS) is 22.6. The van der Waals surface area contributed by atoms with Gasteiger partial charge in [-0.2, -0.15) is 0 Å². The lowest BCUT2D eigenvalue weighted by molar-refractivity contribution is -0.127. The van der Waals surface area contributed by atoms with Gasteiger partial charge in [0.2, 0.25) is 11.8 Å². The number of ether oxygens (including phenoxy) is 1. The Kier molecular flexibility index (Phi) is 8.90. The topological polar surface area (TPSA) is 135 Å². The molecule has 1 atom stereocenters. The molecule has 9 nitrogen and oxygen atoms in total. The fraction of sp³-hybridized carbons (Fsp3) is 0.429. The number of hydrogen-bond donors (Lipinski definition) is 4. The summed E-state index contributed by atoms with van der Waals surface area (Å²) in [5, 5.41) is 8.85. The molecule has 2 heterocycles. The first-order valence-electron chi connectivity index (χ1n) is 12.9. The van der Waals surface area contributed by atoms with E-state index in [1.165, 1.54) is 7.11 Å². The molecular weight excluding hydrogens is 470 g/mol. The maximum Gasteiger partial charge on any atom is 0.411 e. The average Bonchev–Trinajstić information content (AvgIpc) is 2.92. The Labute approximate surface area is 217 Å². The smallest absolute Gasteiger partial charge is 0.411 e. The molecule has 2 aliphatic rings. The van der Waals surface area contributed by atoms with Gasteiger partial charge in [0.1, 0.15) is 0 Å². The van der Waals surface area contributed by atoms with Crippen LogP contribution in [0.4, 0.5) is 16.2 Å². The Bertz CT molecular complexity index is 1160. The summed E-state index contributed by atoms with van der Waals surface area (Å²) >= 11 is 0. The lowest BCUT2D eigenvalue weighted by Gasteiger charge is -2.28. The lowest BCUT2D eigenvalue weighted by Crippen LogP contribution is -2.36. The van der Waals surface area contributed by atoms with Crippen LogP contribution in [0, 0.1) is 11.8 Å². The van der Waals surface area contributed by atoms with Crippen molar-refractivity contribution in [1.82, 2.24) is 10.3 Å². The molecule has 4 rings (SSSR count). The number of amides is 3. The summed E-state index contributed by atoms with van der Waals surface area (Å²) in [5.41, 5.74) is 9.26. The van der Waals surface area contributed by atoms with Crippen molar-refractivity contribution in [1.29, 1.82) is 0 Å². The van der Waals surface area contributed by atoms with E-state index in [1.807, 2.05) is 30.4 Å². The molecule has 3 amide bonds. The lowest BCUT2D eigenvalue weighted by atomic mass is 9.81. The third kappa shape index (κ3) is 6.95. The van der Waals surface area contributed by atoms with Gasteiger partial charge in [0.15, 0.2) is 0 Å². The van der Waals surface area contributed by atoms with Crippen LogP contribution in [0.3, 0.4) is 0 Å². The van der Waals surface area contributed by atoms with Crippen molar-refractivity contribution in [3.8, 4) is 11.1 Å². The summed E-state index contributed by atoms with van der Waals surface area (Å²) in [6.07, 6.45) is 10.2. The molecule has 1 aromatic heterocycles. The first-order chi connectivity index (χ1) is 18.0. The van der Waals surface area contributed by atoms with E-state index in [0.29, 0.717) is 43.1 Å². The summed E-state index contributed by atoms with van der Waals surface area (Å²) in [4.78, 5) is 42.1. The number of nitrogens with zero attached hydrogens (tertiary/aromatic N) is 1. The molecule has 0 spiro atoms. The van der Waals surface area contributed by atoms with Crippen molar-refractivity contribution in [2.45, 2.75) is 51.0 Å². The molecule has 0 saturated heterocycles. The van der Waals surface area contributed by atoms with Gasteiger partial charge in [0.25, 0.3) is 0 Å². The van der Waals surface area contributed by atoms with Crippen LogP contribution in [-0.2, 0) is 14.3 Å². The number of carbonyl (C=O) groups is 3. The minimum Gasteiger partial charge on any atom is -0.453 e. The summed E-state index contributed by atoms with van der Waals surface area (Å²) in [7, 11) is 1.29. The number of rotatable bonds is 4. The second-order valence-corrected chi connectivity index (χ2v) is 9.65. The molecule has 2 aromatic rings. The molecule has 1 unspecified atom stereocenters. The molecule has 2 bridgehead atoms. The number of aromatic nitrogens is 1. The van der Waals surface area contributed by atoms with Crippen molar-refractivity contribution in [2.75, 3.05) is 24.3 Å². The van der Waals surface area contributed by atoms with E-state index in [-0.39, 0.29) is 23.8 Å². The number of hydrogen-bond acceptors (Lipinski definition) is 6. The van der Waals surface area contributed by atoms with Crippen molar-refractivity contribution in [2.24, 2.45) is 17.6 Å². The van der Waals surface area contributed by atoms with E-state index in [1.54, 1.807) is 18.3 Å². The van der Waals surface area contributed by atoms with Crippen LogP contribution in [0.25, 0.3) is 11.1 Å². The second kappa shape index (κ2) is 12.5. The third-order valence-corrected chi connectivity index (χ3v) is 7.12. The van der Waals surface area contributed by atoms with Crippen molar-refractivity contribution < 1.29 is 19.1 Å². The number of benzene rings is 1. The van der Waals surface area contributed by atoms with E-state index >= 15 is 0 Å². The predicted molar refractivity (Wildman–Crippen MR) is 143 cm³/mol. The molecule has 1 saturated carbocycles. The fourth-order valence-corrected chi connectivity index (χ4v) is 4.93. The number of allylic oxidation sites excluding steroid dienone is 1. The molecule has 196 valence electrons. The van der Waals surface area contributed by atoms with Crippen LogP contribution in [-0.4, -0.2) is 36.5 Å². The van der Waals surface area contributed by atoms with Gasteiger partial charge in [0.05, 0.1) is 24.5 Å². The van der Waals surface area contributed by atoms with Crippen LogP contribution in [0.5, 0.6) is 0 Å². The van der Waals surface area contributed by atoms with Gasteiger partial charge in [0, 0.05) is 29.8 Å². The van der Waals surface area contributed by atoms with Gasteiger partial charge >= 0.3 is 6.09 Å². The number of pyridine rings is 1. The number of carbonyl (C=O) groups excluding carboxylic acids is 3. The van der Waals surface area contributed by atoms with E-state index in [2.05, 4.69) is 25.7 Å². The van der Waals surface area contributed by atoms with Gasteiger partial charge in [-0.05, 0) is 80.8 Å². The Balaban J connectivity index is 1.63. The summed E-state index contributed by atoms with van der Waals surface area (Å²) in [6, 6.07) is 8.81. The van der Waals surface area contributed by atoms with Crippen molar-refractivity contribution in [3.63, 3.8) is 0 Å². The molecular formula is C28H35N5O4. The zero-order valence-corrected chi connectivity index (χ0v) is 21.2. The minimum absolute atomic E-state index is 0.0113. The zero-order chi connectivity index (χ0) is 26.2. The minimum atomic E-state index is -0.595. The molecule has 9 heteroatoms. The largest absolute Gasteiger partial charge is 0.453 e. The molecule has 5 N–H and O–H groups in total. The second-order valence-electron chi connectivity index (χ2n) is 9.65. The number of fused-ring (bicyclic) bond motifs is 4. The van der Waals surface area contributed by atoms with Crippen LogP contribution in [0.15, 0.2) is 48.7 Å².